The number of nitrogens with zero attached hydrogens (tertiary/aromatic N) is 1. The highest BCUT2D eigenvalue weighted by Crippen LogP contribution is 2.22. The molecule has 0 saturated carbocycles. The summed E-state index contributed by atoms with van der Waals surface area (Å²) < 4.78 is 13.7. The van der Waals surface area contributed by atoms with Crippen LogP contribution in [0.5, 0.6) is 0 Å². The molecule has 1 atom stereocenters. The molecule has 2 aromatic rings. The van der Waals surface area contributed by atoms with Crippen LogP contribution in [-0.4, -0.2) is 18.5 Å². The lowest BCUT2D eigenvalue weighted by atomic mass is 10.0. The molecule has 2 aromatic carbocycles. The summed E-state index contributed by atoms with van der Waals surface area (Å²) in [7, 11) is 1.98. The van der Waals surface area contributed by atoms with Gasteiger partial charge in [0.05, 0.1) is 0 Å². The summed E-state index contributed by atoms with van der Waals surface area (Å²) in [4.78, 5) is 2.09. The van der Waals surface area contributed by atoms with Gasteiger partial charge in [-0.2, -0.15) is 0 Å². The van der Waals surface area contributed by atoms with Gasteiger partial charge < -0.3 is 5.73 Å². The van der Waals surface area contributed by atoms with E-state index in [-0.39, 0.29) is 11.9 Å². The van der Waals surface area contributed by atoms with Gasteiger partial charge in [0.2, 0.25) is 0 Å². The number of halogens is 1. The smallest absolute Gasteiger partial charge is 0.127 e. The summed E-state index contributed by atoms with van der Waals surface area (Å²) in [6.07, 6.45) is 0. The lowest BCUT2D eigenvalue weighted by Crippen LogP contribution is -2.30. The molecule has 2 N–H and O–H groups in total. The first kappa shape index (κ1) is 14.7. The molecule has 2 nitrogen and oxygen atoms in total. The van der Waals surface area contributed by atoms with Crippen LogP contribution in [0.15, 0.2) is 48.5 Å². The quantitative estimate of drug-likeness (QED) is 0.905. The summed E-state index contributed by atoms with van der Waals surface area (Å²) in [5.41, 5.74) is 8.99. The molecule has 2 rings (SSSR count). The Kier molecular flexibility index (Phi) is 4.88. The standard InChI is InChI=1S/C17H21FN2/c1-13-6-5-8-14(10-13)17(11-19)20(2)12-15-7-3-4-9-16(15)18/h3-10,17H,11-12,19H2,1-2H3. The second-order valence-electron chi connectivity index (χ2n) is 5.17. The van der Waals surface area contributed by atoms with Gasteiger partial charge in [0.1, 0.15) is 5.82 Å². The highest BCUT2D eigenvalue weighted by Gasteiger charge is 2.16. The van der Waals surface area contributed by atoms with Gasteiger partial charge in [0, 0.05) is 24.7 Å². The largest absolute Gasteiger partial charge is 0.329 e. The Bertz CT molecular complexity index is 568. The van der Waals surface area contributed by atoms with Crippen molar-refractivity contribution < 1.29 is 4.39 Å². The number of rotatable bonds is 5. The van der Waals surface area contributed by atoms with Crippen molar-refractivity contribution >= 4 is 0 Å². The number of nitrogens with two attached hydrogens (primary N) is 1. The van der Waals surface area contributed by atoms with Crippen molar-refractivity contribution in [2.75, 3.05) is 13.6 Å². The Morgan fingerprint density at radius 2 is 1.90 bits per heavy atom. The topological polar surface area (TPSA) is 29.3 Å². The zero-order valence-corrected chi connectivity index (χ0v) is 12.0. The maximum absolute atomic E-state index is 13.7. The van der Waals surface area contributed by atoms with Gasteiger partial charge in [-0.05, 0) is 25.6 Å². The minimum atomic E-state index is -0.167. The van der Waals surface area contributed by atoms with Crippen LogP contribution < -0.4 is 5.73 Å². The fourth-order valence-electron chi connectivity index (χ4n) is 2.45. The fraction of sp³-hybridized carbons (Fsp3) is 0.294. The van der Waals surface area contributed by atoms with E-state index in [9.17, 15) is 4.39 Å². The molecule has 0 aliphatic rings. The summed E-state index contributed by atoms with van der Waals surface area (Å²) in [6.45, 7) is 3.12. The van der Waals surface area contributed by atoms with E-state index >= 15 is 0 Å². The third kappa shape index (κ3) is 3.44. The molecular formula is C17H21FN2. The lowest BCUT2D eigenvalue weighted by Gasteiger charge is -2.27. The monoisotopic (exact) mass is 272 g/mol. The van der Waals surface area contributed by atoms with Crippen molar-refractivity contribution in [2.24, 2.45) is 5.73 Å². The second kappa shape index (κ2) is 6.64. The predicted octanol–water partition coefficient (Wildman–Crippen LogP) is 3.27. The van der Waals surface area contributed by atoms with Crippen LogP contribution in [-0.2, 0) is 6.54 Å². The highest BCUT2D eigenvalue weighted by molar-refractivity contribution is 5.26. The van der Waals surface area contributed by atoms with Crippen molar-refractivity contribution in [1.29, 1.82) is 0 Å². The molecule has 0 aliphatic carbocycles. The van der Waals surface area contributed by atoms with Gasteiger partial charge in [-0.1, -0.05) is 48.0 Å². The van der Waals surface area contributed by atoms with Crippen molar-refractivity contribution in [1.82, 2.24) is 4.90 Å². The maximum Gasteiger partial charge on any atom is 0.127 e. The third-order valence-electron chi connectivity index (χ3n) is 3.56. The molecule has 0 saturated heterocycles. The van der Waals surface area contributed by atoms with Crippen LogP contribution in [0.2, 0.25) is 0 Å². The van der Waals surface area contributed by atoms with E-state index in [2.05, 4.69) is 30.0 Å². The molecule has 0 amide bonds. The zero-order valence-electron chi connectivity index (χ0n) is 12.0. The summed E-state index contributed by atoms with van der Waals surface area (Å²) in [5, 5.41) is 0. The van der Waals surface area contributed by atoms with Crippen LogP contribution in [0.4, 0.5) is 4.39 Å². The Labute approximate surface area is 120 Å². The van der Waals surface area contributed by atoms with Gasteiger partial charge in [-0.3, -0.25) is 4.90 Å². The van der Waals surface area contributed by atoms with E-state index in [0.29, 0.717) is 18.7 Å². The average Bonchev–Trinajstić information content (AvgIpc) is 2.42. The molecule has 0 radical (unpaired) electrons. The normalized spacial score (nSPS) is 12.7. The number of aryl methyl sites for hydroxylation is 1. The number of likely N-dealkylation sites (N-methyl/N-ethyl adjacent to an activating group) is 1. The van der Waals surface area contributed by atoms with Crippen molar-refractivity contribution in [3.63, 3.8) is 0 Å². The van der Waals surface area contributed by atoms with E-state index in [4.69, 9.17) is 5.73 Å². The summed E-state index contributed by atoms with van der Waals surface area (Å²) >= 11 is 0. The molecule has 0 aliphatic heterocycles. The van der Waals surface area contributed by atoms with E-state index < -0.39 is 0 Å². The Balaban J connectivity index is 2.17. The first-order chi connectivity index (χ1) is 9.61. The Morgan fingerprint density at radius 3 is 2.55 bits per heavy atom. The molecule has 106 valence electrons. The first-order valence-corrected chi connectivity index (χ1v) is 6.82. The van der Waals surface area contributed by atoms with E-state index in [1.807, 2.05) is 25.2 Å². The van der Waals surface area contributed by atoms with Gasteiger partial charge in [-0.15, -0.1) is 0 Å². The van der Waals surface area contributed by atoms with Crippen molar-refractivity contribution in [3.05, 3.63) is 71.0 Å². The van der Waals surface area contributed by atoms with Gasteiger partial charge in [0.15, 0.2) is 0 Å². The number of benzene rings is 2. The molecule has 0 heterocycles. The third-order valence-corrected chi connectivity index (χ3v) is 3.56. The first-order valence-electron chi connectivity index (χ1n) is 6.82. The molecule has 0 fully saturated rings. The summed E-state index contributed by atoms with van der Waals surface area (Å²) in [5.74, 6) is -0.167. The second-order valence-corrected chi connectivity index (χ2v) is 5.17. The van der Waals surface area contributed by atoms with Gasteiger partial charge in [-0.25, -0.2) is 4.39 Å². The predicted molar refractivity (Wildman–Crippen MR) is 80.8 cm³/mol. The summed E-state index contributed by atoms with van der Waals surface area (Å²) in [6, 6.07) is 15.3. The zero-order chi connectivity index (χ0) is 14.5. The minimum Gasteiger partial charge on any atom is -0.329 e. The number of hydrogen-bond acceptors (Lipinski definition) is 2. The van der Waals surface area contributed by atoms with E-state index in [1.54, 1.807) is 6.07 Å². The average molecular weight is 272 g/mol. The number of hydrogen-bond donors (Lipinski definition) is 1. The molecular weight excluding hydrogens is 251 g/mol. The van der Waals surface area contributed by atoms with Crippen molar-refractivity contribution in [3.8, 4) is 0 Å². The van der Waals surface area contributed by atoms with Crippen LogP contribution in [0.25, 0.3) is 0 Å². The van der Waals surface area contributed by atoms with E-state index in [0.717, 1.165) is 0 Å². The Hall–Kier alpha value is -1.71. The maximum atomic E-state index is 13.7. The Morgan fingerprint density at radius 1 is 1.15 bits per heavy atom. The van der Waals surface area contributed by atoms with Crippen LogP contribution in [0.1, 0.15) is 22.7 Å². The molecule has 0 bridgehead atoms. The minimum absolute atomic E-state index is 0.0921. The SMILES string of the molecule is Cc1cccc(C(CN)N(C)Cc2ccccc2F)c1. The fourth-order valence-corrected chi connectivity index (χ4v) is 2.45. The highest BCUT2D eigenvalue weighted by atomic mass is 19.1. The van der Waals surface area contributed by atoms with Crippen molar-refractivity contribution in [2.45, 2.75) is 19.5 Å². The van der Waals surface area contributed by atoms with Crippen LogP contribution >= 0.6 is 0 Å². The van der Waals surface area contributed by atoms with Gasteiger partial charge >= 0.3 is 0 Å². The molecule has 0 spiro atoms. The van der Waals surface area contributed by atoms with E-state index in [1.165, 1.54) is 17.2 Å². The van der Waals surface area contributed by atoms with Gasteiger partial charge in [0.25, 0.3) is 0 Å². The molecule has 20 heavy (non-hydrogen) atoms. The van der Waals surface area contributed by atoms with Crippen LogP contribution in [0, 0.1) is 12.7 Å². The lowest BCUT2D eigenvalue weighted by molar-refractivity contribution is 0.238. The van der Waals surface area contributed by atoms with Crippen LogP contribution in [0.3, 0.4) is 0 Å². The molecule has 0 aromatic heterocycles. The molecule has 1 unspecified atom stereocenters. The molecule has 3 heteroatoms.